The van der Waals surface area contributed by atoms with E-state index in [2.05, 4.69) is 22.9 Å². The third-order valence-electron chi connectivity index (χ3n) is 3.49. The molecule has 0 spiro atoms. The summed E-state index contributed by atoms with van der Waals surface area (Å²) in [5.74, 6) is 3.00. The van der Waals surface area contributed by atoms with Gasteiger partial charge in [0, 0.05) is 30.3 Å². The molecular formula is C16H25N3O2S. The van der Waals surface area contributed by atoms with Crippen LogP contribution in [0.5, 0.6) is 5.75 Å². The molecule has 2 rings (SSSR count). The Morgan fingerprint density at radius 3 is 2.86 bits per heavy atom. The predicted molar refractivity (Wildman–Crippen MR) is 91.8 cm³/mol. The lowest BCUT2D eigenvalue weighted by Gasteiger charge is -2.27. The SMILES string of the molecule is COc1ccccc1SCC(C)CN=C(N)N1CCOCC1. The highest BCUT2D eigenvalue weighted by atomic mass is 32.2. The van der Waals surface area contributed by atoms with Crippen LogP contribution in [0.15, 0.2) is 34.2 Å². The van der Waals surface area contributed by atoms with Crippen molar-refractivity contribution in [3.8, 4) is 5.75 Å². The molecule has 0 aromatic heterocycles. The summed E-state index contributed by atoms with van der Waals surface area (Å²) in [6.45, 7) is 6.06. The van der Waals surface area contributed by atoms with E-state index in [9.17, 15) is 0 Å². The number of methoxy groups -OCH3 is 1. The molecule has 22 heavy (non-hydrogen) atoms. The van der Waals surface area contributed by atoms with Gasteiger partial charge in [-0.1, -0.05) is 19.1 Å². The summed E-state index contributed by atoms with van der Waals surface area (Å²) in [4.78, 5) is 7.78. The van der Waals surface area contributed by atoms with Crippen molar-refractivity contribution in [2.75, 3.05) is 45.7 Å². The van der Waals surface area contributed by atoms with Crippen molar-refractivity contribution in [1.82, 2.24) is 4.90 Å². The van der Waals surface area contributed by atoms with E-state index in [1.165, 1.54) is 4.90 Å². The molecule has 1 fully saturated rings. The molecule has 1 heterocycles. The fourth-order valence-corrected chi connectivity index (χ4v) is 3.20. The lowest BCUT2D eigenvalue weighted by Crippen LogP contribution is -2.45. The molecule has 0 aliphatic carbocycles. The largest absolute Gasteiger partial charge is 0.496 e. The van der Waals surface area contributed by atoms with Crippen molar-refractivity contribution in [2.24, 2.45) is 16.6 Å². The van der Waals surface area contributed by atoms with Gasteiger partial charge in [0.25, 0.3) is 0 Å². The van der Waals surface area contributed by atoms with Gasteiger partial charge in [-0.05, 0) is 18.1 Å². The molecule has 6 heteroatoms. The molecule has 1 aliphatic heterocycles. The van der Waals surface area contributed by atoms with Crippen LogP contribution < -0.4 is 10.5 Å². The maximum Gasteiger partial charge on any atom is 0.191 e. The summed E-state index contributed by atoms with van der Waals surface area (Å²) in [7, 11) is 1.70. The van der Waals surface area contributed by atoms with Gasteiger partial charge < -0.3 is 20.1 Å². The zero-order chi connectivity index (χ0) is 15.8. The highest BCUT2D eigenvalue weighted by Crippen LogP contribution is 2.29. The molecule has 1 aliphatic rings. The first kappa shape index (κ1) is 17.0. The highest BCUT2D eigenvalue weighted by molar-refractivity contribution is 7.99. The molecule has 2 N–H and O–H groups in total. The third kappa shape index (κ3) is 5.10. The van der Waals surface area contributed by atoms with Gasteiger partial charge in [-0.25, -0.2) is 0 Å². The molecule has 1 unspecified atom stereocenters. The maximum absolute atomic E-state index is 6.04. The number of morpholine rings is 1. The highest BCUT2D eigenvalue weighted by Gasteiger charge is 2.13. The van der Waals surface area contributed by atoms with Crippen molar-refractivity contribution in [1.29, 1.82) is 0 Å². The fourth-order valence-electron chi connectivity index (χ4n) is 2.16. The van der Waals surface area contributed by atoms with Gasteiger partial charge in [-0.15, -0.1) is 11.8 Å². The molecule has 5 nitrogen and oxygen atoms in total. The summed E-state index contributed by atoms with van der Waals surface area (Å²) in [5.41, 5.74) is 6.04. The summed E-state index contributed by atoms with van der Waals surface area (Å²) in [5, 5.41) is 0. The Hall–Kier alpha value is -1.40. The van der Waals surface area contributed by atoms with Gasteiger partial charge in [0.2, 0.25) is 0 Å². The first-order chi connectivity index (χ1) is 10.7. The minimum Gasteiger partial charge on any atom is -0.496 e. The van der Waals surface area contributed by atoms with Crippen LogP contribution in [0, 0.1) is 5.92 Å². The van der Waals surface area contributed by atoms with Crippen LogP contribution in [0.3, 0.4) is 0 Å². The average molecular weight is 323 g/mol. The second kappa shape index (κ2) is 8.90. The van der Waals surface area contributed by atoms with E-state index in [-0.39, 0.29) is 0 Å². The van der Waals surface area contributed by atoms with Crippen LogP contribution in [0.4, 0.5) is 0 Å². The van der Waals surface area contributed by atoms with Crippen molar-refractivity contribution in [3.05, 3.63) is 24.3 Å². The van der Waals surface area contributed by atoms with E-state index in [1.807, 2.05) is 18.2 Å². The first-order valence-corrected chi connectivity index (χ1v) is 8.57. The van der Waals surface area contributed by atoms with Crippen LogP contribution in [0.2, 0.25) is 0 Å². The Kier molecular flexibility index (Phi) is 6.86. The monoisotopic (exact) mass is 323 g/mol. The van der Waals surface area contributed by atoms with Crippen molar-refractivity contribution >= 4 is 17.7 Å². The Bertz CT molecular complexity index is 490. The molecule has 0 radical (unpaired) electrons. The number of nitrogens with two attached hydrogens (primary N) is 1. The number of thioether (sulfide) groups is 1. The number of nitrogens with zero attached hydrogens (tertiary/aromatic N) is 2. The second-order valence-corrected chi connectivity index (χ2v) is 6.43. The molecule has 1 saturated heterocycles. The van der Waals surface area contributed by atoms with Crippen LogP contribution in [0.1, 0.15) is 6.92 Å². The Labute approximate surface area is 136 Å². The molecule has 0 bridgehead atoms. The van der Waals surface area contributed by atoms with Crippen LogP contribution >= 0.6 is 11.8 Å². The summed E-state index contributed by atoms with van der Waals surface area (Å²) >= 11 is 1.80. The van der Waals surface area contributed by atoms with E-state index in [1.54, 1.807) is 18.9 Å². The first-order valence-electron chi connectivity index (χ1n) is 7.59. The Morgan fingerprint density at radius 2 is 2.14 bits per heavy atom. The van der Waals surface area contributed by atoms with Crippen LogP contribution in [-0.4, -0.2) is 56.6 Å². The van der Waals surface area contributed by atoms with E-state index in [0.717, 1.165) is 44.4 Å². The van der Waals surface area contributed by atoms with Gasteiger partial charge in [0.15, 0.2) is 5.96 Å². The normalized spacial score (nSPS) is 17.4. The van der Waals surface area contributed by atoms with Gasteiger partial charge in [-0.3, -0.25) is 4.99 Å². The van der Waals surface area contributed by atoms with E-state index >= 15 is 0 Å². The van der Waals surface area contributed by atoms with Gasteiger partial charge in [0.1, 0.15) is 5.75 Å². The predicted octanol–water partition coefficient (Wildman–Crippen LogP) is 2.07. The average Bonchev–Trinajstić information content (AvgIpc) is 2.58. The fraction of sp³-hybridized carbons (Fsp3) is 0.562. The molecule has 1 atom stereocenters. The number of benzene rings is 1. The third-order valence-corrected chi connectivity index (χ3v) is 4.88. The molecule has 1 aromatic carbocycles. The molecule has 122 valence electrons. The van der Waals surface area contributed by atoms with Crippen LogP contribution in [-0.2, 0) is 4.74 Å². The molecular weight excluding hydrogens is 298 g/mol. The van der Waals surface area contributed by atoms with Gasteiger partial charge in [-0.2, -0.15) is 0 Å². The van der Waals surface area contributed by atoms with Crippen LogP contribution in [0.25, 0.3) is 0 Å². The maximum atomic E-state index is 6.04. The summed E-state index contributed by atoms with van der Waals surface area (Å²) < 4.78 is 10.7. The van der Waals surface area contributed by atoms with Gasteiger partial charge in [0.05, 0.1) is 20.3 Å². The molecule has 1 aromatic rings. The summed E-state index contributed by atoms with van der Waals surface area (Å²) in [6.07, 6.45) is 0. The number of para-hydroxylation sites is 1. The number of hydrogen-bond acceptors (Lipinski definition) is 4. The minimum atomic E-state index is 0.453. The minimum absolute atomic E-state index is 0.453. The van der Waals surface area contributed by atoms with Crippen molar-refractivity contribution < 1.29 is 9.47 Å². The number of hydrogen-bond donors (Lipinski definition) is 1. The lowest BCUT2D eigenvalue weighted by atomic mass is 10.2. The smallest absolute Gasteiger partial charge is 0.191 e. The van der Waals surface area contributed by atoms with Gasteiger partial charge >= 0.3 is 0 Å². The molecule has 0 amide bonds. The zero-order valence-corrected chi connectivity index (χ0v) is 14.1. The standard InChI is InChI=1S/C16H25N3O2S/c1-13(11-18-16(17)19-7-9-21-10-8-19)12-22-15-6-4-3-5-14(15)20-2/h3-6,13H,7-12H2,1-2H3,(H2,17,18). The van der Waals surface area contributed by atoms with Crippen molar-refractivity contribution in [2.45, 2.75) is 11.8 Å². The van der Waals surface area contributed by atoms with E-state index in [0.29, 0.717) is 11.9 Å². The van der Waals surface area contributed by atoms with E-state index < -0.39 is 0 Å². The number of aliphatic imine (C=N–C) groups is 1. The Balaban J connectivity index is 1.78. The Morgan fingerprint density at radius 1 is 1.41 bits per heavy atom. The summed E-state index contributed by atoms with van der Waals surface area (Å²) in [6, 6.07) is 8.09. The number of guanidine groups is 1. The topological polar surface area (TPSA) is 60.1 Å². The lowest BCUT2D eigenvalue weighted by molar-refractivity contribution is 0.0674. The van der Waals surface area contributed by atoms with E-state index in [4.69, 9.17) is 15.2 Å². The number of ether oxygens (including phenoxy) is 2. The second-order valence-electron chi connectivity index (χ2n) is 5.37. The zero-order valence-electron chi connectivity index (χ0n) is 13.3. The number of rotatable bonds is 6. The quantitative estimate of drug-likeness (QED) is 0.493. The molecule has 0 saturated carbocycles. The van der Waals surface area contributed by atoms with Crippen molar-refractivity contribution in [3.63, 3.8) is 0 Å².